The van der Waals surface area contributed by atoms with Gasteiger partial charge >= 0.3 is 0 Å². The quantitative estimate of drug-likeness (QED) is 0.710. The molecule has 0 spiro atoms. The van der Waals surface area contributed by atoms with Crippen LogP contribution in [-0.4, -0.2) is 44.3 Å². The Bertz CT molecular complexity index is 1010. The maximum atomic E-state index is 6.24. The molecule has 0 aromatic carbocycles. The van der Waals surface area contributed by atoms with Gasteiger partial charge in [0.2, 0.25) is 5.88 Å². The van der Waals surface area contributed by atoms with Crippen LogP contribution in [0.25, 0.3) is 17.0 Å². The van der Waals surface area contributed by atoms with Crippen molar-refractivity contribution in [2.24, 2.45) is 0 Å². The zero-order valence-electron chi connectivity index (χ0n) is 17.5. The zero-order valence-corrected chi connectivity index (χ0v) is 17.5. The van der Waals surface area contributed by atoms with E-state index in [0.29, 0.717) is 24.0 Å². The van der Waals surface area contributed by atoms with Gasteiger partial charge in [-0.3, -0.25) is 4.98 Å². The number of hydrogen-bond donors (Lipinski definition) is 1. The summed E-state index contributed by atoms with van der Waals surface area (Å²) in [6, 6.07) is 3.81. The fourth-order valence-electron chi connectivity index (χ4n) is 3.69. The molecule has 2 aliphatic heterocycles. The molecule has 29 heavy (non-hydrogen) atoms. The van der Waals surface area contributed by atoms with Crippen LogP contribution >= 0.6 is 0 Å². The summed E-state index contributed by atoms with van der Waals surface area (Å²) >= 11 is 0. The second-order valence-corrected chi connectivity index (χ2v) is 7.60. The molecular formula is C21H29N7O. The highest BCUT2D eigenvalue weighted by Crippen LogP contribution is 2.29. The normalized spacial score (nSPS) is 15.6. The molecule has 5 rings (SSSR count). The van der Waals surface area contributed by atoms with E-state index >= 15 is 0 Å². The number of nitrogens with two attached hydrogens (primary N) is 1. The van der Waals surface area contributed by atoms with Crippen LogP contribution < -0.4 is 15.4 Å². The molecule has 0 bridgehead atoms. The lowest BCUT2D eigenvalue weighted by molar-refractivity contribution is 0.272. The zero-order chi connectivity index (χ0) is 20.4. The Balaban J connectivity index is 0.000000645. The smallest absolute Gasteiger partial charge is 0.236 e. The van der Waals surface area contributed by atoms with Crippen LogP contribution in [0.15, 0.2) is 12.1 Å². The fraction of sp³-hybridized carbons (Fsp3) is 0.524. The van der Waals surface area contributed by atoms with E-state index < -0.39 is 0 Å². The minimum atomic E-state index is 0.572. The Kier molecular flexibility index (Phi) is 5.51. The molecule has 8 nitrogen and oxygen atoms in total. The Morgan fingerprint density at radius 2 is 1.83 bits per heavy atom. The van der Waals surface area contributed by atoms with Crippen molar-refractivity contribution in [2.45, 2.75) is 52.9 Å². The van der Waals surface area contributed by atoms with E-state index in [2.05, 4.69) is 33.8 Å². The summed E-state index contributed by atoms with van der Waals surface area (Å²) in [5.74, 6) is 2.10. The number of anilines is 2. The molecule has 0 amide bonds. The number of hydrogen-bond acceptors (Lipinski definition) is 7. The summed E-state index contributed by atoms with van der Waals surface area (Å²) in [5.41, 5.74) is 10.2. The van der Waals surface area contributed by atoms with Crippen molar-refractivity contribution < 1.29 is 4.74 Å². The molecule has 5 heterocycles. The summed E-state index contributed by atoms with van der Waals surface area (Å²) < 4.78 is 7.33. The molecule has 154 valence electrons. The van der Waals surface area contributed by atoms with Gasteiger partial charge in [-0.2, -0.15) is 9.61 Å². The second kappa shape index (κ2) is 8.23. The Labute approximate surface area is 171 Å². The molecule has 2 N–H and O–H groups in total. The monoisotopic (exact) mass is 395 g/mol. The predicted octanol–water partition coefficient (Wildman–Crippen LogP) is 3.42. The van der Waals surface area contributed by atoms with Crippen molar-refractivity contribution in [1.29, 1.82) is 0 Å². The van der Waals surface area contributed by atoms with Gasteiger partial charge in [0.25, 0.3) is 0 Å². The van der Waals surface area contributed by atoms with Crippen LogP contribution in [0.1, 0.15) is 50.9 Å². The first kappa shape index (κ1) is 19.4. The van der Waals surface area contributed by atoms with Crippen LogP contribution in [0.2, 0.25) is 0 Å². The summed E-state index contributed by atoms with van der Waals surface area (Å²) in [4.78, 5) is 16.3. The molecule has 3 aromatic heterocycles. The van der Waals surface area contributed by atoms with Crippen molar-refractivity contribution in [2.75, 3.05) is 30.3 Å². The van der Waals surface area contributed by atoms with Gasteiger partial charge in [0, 0.05) is 25.2 Å². The Morgan fingerprint density at radius 3 is 2.59 bits per heavy atom. The van der Waals surface area contributed by atoms with Gasteiger partial charge in [0.15, 0.2) is 5.65 Å². The standard InChI is InChI=1S/C18H21N7O.C3H8/c1-11-17(22-18-12(20-11)5-4-8-26-18)13-9-16-21-15(24-6-2-3-7-24)10-14(19)25(16)23-13;1-3-2/h9-10H,2-8,19H2,1H3;3H2,1-2H3. The van der Waals surface area contributed by atoms with Crippen molar-refractivity contribution in [3.63, 3.8) is 0 Å². The molecule has 0 atom stereocenters. The van der Waals surface area contributed by atoms with Gasteiger partial charge in [0.05, 0.1) is 12.3 Å². The van der Waals surface area contributed by atoms with E-state index in [1.807, 2.05) is 19.1 Å². The van der Waals surface area contributed by atoms with Crippen LogP contribution in [0.5, 0.6) is 5.88 Å². The van der Waals surface area contributed by atoms with E-state index in [1.165, 1.54) is 19.3 Å². The third-order valence-electron chi connectivity index (χ3n) is 5.02. The molecule has 1 saturated heterocycles. The number of rotatable bonds is 2. The number of ether oxygens (including phenoxy) is 1. The van der Waals surface area contributed by atoms with Gasteiger partial charge in [0.1, 0.15) is 28.7 Å². The van der Waals surface area contributed by atoms with Gasteiger partial charge in [-0.1, -0.05) is 20.3 Å². The topological polar surface area (TPSA) is 94.5 Å². The number of fused-ring (bicyclic) bond motifs is 2. The molecule has 0 aliphatic carbocycles. The van der Waals surface area contributed by atoms with Crippen molar-refractivity contribution in [1.82, 2.24) is 24.6 Å². The molecule has 0 radical (unpaired) electrons. The maximum Gasteiger partial charge on any atom is 0.236 e. The lowest BCUT2D eigenvalue weighted by Crippen LogP contribution is -2.19. The van der Waals surface area contributed by atoms with Crippen molar-refractivity contribution in [3.8, 4) is 17.3 Å². The largest absolute Gasteiger partial charge is 0.476 e. The third-order valence-corrected chi connectivity index (χ3v) is 5.02. The lowest BCUT2D eigenvalue weighted by atomic mass is 10.2. The highest BCUT2D eigenvalue weighted by Gasteiger charge is 2.21. The van der Waals surface area contributed by atoms with Crippen molar-refractivity contribution >= 4 is 17.3 Å². The van der Waals surface area contributed by atoms with E-state index in [1.54, 1.807) is 4.52 Å². The molecule has 3 aromatic rings. The van der Waals surface area contributed by atoms with Crippen LogP contribution in [0, 0.1) is 6.92 Å². The fourth-order valence-corrected chi connectivity index (χ4v) is 3.69. The highest BCUT2D eigenvalue weighted by atomic mass is 16.5. The molecule has 8 heteroatoms. The summed E-state index contributed by atoms with van der Waals surface area (Å²) in [6.07, 6.45) is 5.53. The minimum absolute atomic E-state index is 0.572. The predicted molar refractivity (Wildman–Crippen MR) is 114 cm³/mol. The van der Waals surface area contributed by atoms with Crippen LogP contribution in [0.3, 0.4) is 0 Å². The van der Waals surface area contributed by atoms with Crippen LogP contribution in [-0.2, 0) is 6.42 Å². The van der Waals surface area contributed by atoms with Gasteiger partial charge in [-0.25, -0.2) is 9.97 Å². The van der Waals surface area contributed by atoms with Gasteiger partial charge in [-0.15, -0.1) is 0 Å². The Morgan fingerprint density at radius 1 is 1.07 bits per heavy atom. The molecule has 2 aliphatic rings. The number of aryl methyl sites for hydroxylation is 2. The summed E-state index contributed by atoms with van der Waals surface area (Å²) in [6.45, 7) is 8.93. The molecule has 0 unspecified atom stereocenters. The number of nitrogen functional groups attached to an aromatic ring is 1. The third kappa shape index (κ3) is 3.83. The van der Waals surface area contributed by atoms with E-state index in [-0.39, 0.29) is 0 Å². The highest BCUT2D eigenvalue weighted by molar-refractivity contribution is 5.66. The van der Waals surface area contributed by atoms with Crippen LogP contribution in [0.4, 0.5) is 11.6 Å². The number of aromatic nitrogens is 5. The molecular weight excluding hydrogens is 366 g/mol. The summed E-state index contributed by atoms with van der Waals surface area (Å²) in [7, 11) is 0. The van der Waals surface area contributed by atoms with E-state index in [4.69, 9.17) is 15.5 Å². The SMILES string of the molecule is CCC.Cc1nc2c(nc1-c1cc3nc(N4CCCC4)cc(N)n3n1)OCCC2. The van der Waals surface area contributed by atoms with Gasteiger partial charge in [-0.05, 0) is 32.6 Å². The van der Waals surface area contributed by atoms with E-state index in [0.717, 1.165) is 54.5 Å². The van der Waals surface area contributed by atoms with Gasteiger partial charge < -0.3 is 15.4 Å². The average Bonchev–Trinajstić information content (AvgIpc) is 3.38. The Hall–Kier alpha value is -2.90. The first-order chi connectivity index (χ1) is 14.1. The lowest BCUT2D eigenvalue weighted by Gasteiger charge is -2.16. The first-order valence-corrected chi connectivity index (χ1v) is 10.5. The second-order valence-electron chi connectivity index (χ2n) is 7.60. The van der Waals surface area contributed by atoms with Crippen molar-refractivity contribution in [3.05, 3.63) is 23.5 Å². The average molecular weight is 396 g/mol. The first-order valence-electron chi connectivity index (χ1n) is 10.5. The molecule has 0 saturated carbocycles. The van der Waals surface area contributed by atoms with E-state index in [9.17, 15) is 0 Å². The maximum absolute atomic E-state index is 6.24. The minimum Gasteiger partial charge on any atom is -0.476 e. The molecule has 1 fully saturated rings. The number of nitrogens with zero attached hydrogens (tertiary/aromatic N) is 6. The summed E-state index contributed by atoms with van der Waals surface area (Å²) in [5, 5.41) is 4.61.